The first-order valence-electron chi connectivity index (χ1n) is 8.38. The van der Waals surface area contributed by atoms with Crippen molar-refractivity contribution in [2.24, 2.45) is 0 Å². The van der Waals surface area contributed by atoms with Gasteiger partial charge in [0.2, 0.25) is 0 Å². The third-order valence-electron chi connectivity index (χ3n) is 4.27. The molecule has 4 heteroatoms. The Balaban J connectivity index is 1.80. The van der Waals surface area contributed by atoms with Crippen LogP contribution in [0.25, 0.3) is 0 Å². The highest BCUT2D eigenvalue weighted by molar-refractivity contribution is 7.97. The largest absolute Gasteiger partial charge is 0.393 e. The van der Waals surface area contributed by atoms with Crippen molar-refractivity contribution in [1.29, 1.82) is 0 Å². The minimum Gasteiger partial charge on any atom is -0.393 e. The van der Waals surface area contributed by atoms with Gasteiger partial charge in [0.05, 0.1) is 6.10 Å². The summed E-state index contributed by atoms with van der Waals surface area (Å²) in [5, 5.41) is 12.9. The second-order valence-corrected chi connectivity index (χ2v) is 7.72. The summed E-state index contributed by atoms with van der Waals surface area (Å²) in [5.41, 5.74) is 4.12. The van der Waals surface area contributed by atoms with Crippen LogP contribution >= 0.6 is 11.9 Å². The van der Waals surface area contributed by atoms with Gasteiger partial charge in [0.15, 0.2) is 0 Å². The number of rotatable bonds is 6. The van der Waals surface area contributed by atoms with Crippen LogP contribution in [-0.2, 0) is 0 Å². The molecule has 1 saturated heterocycles. The van der Waals surface area contributed by atoms with E-state index >= 15 is 0 Å². The molecule has 2 N–H and O–H groups in total. The highest BCUT2D eigenvalue weighted by atomic mass is 32.2. The van der Waals surface area contributed by atoms with E-state index in [0.29, 0.717) is 6.04 Å². The minimum absolute atomic E-state index is 0.198. The van der Waals surface area contributed by atoms with Gasteiger partial charge in [-0.05, 0) is 76.6 Å². The van der Waals surface area contributed by atoms with Crippen molar-refractivity contribution >= 4 is 11.9 Å². The van der Waals surface area contributed by atoms with Gasteiger partial charge >= 0.3 is 0 Å². The van der Waals surface area contributed by atoms with E-state index in [1.807, 2.05) is 18.9 Å². The maximum atomic E-state index is 9.31. The summed E-state index contributed by atoms with van der Waals surface area (Å²) in [5.74, 6) is 0. The second kappa shape index (κ2) is 8.34. The molecule has 0 spiro atoms. The number of piperidine rings is 1. The van der Waals surface area contributed by atoms with E-state index in [2.05, 4.69) is 42.5 Å². The third-order valence-corrected chi connectivity index (χ3v) is 5.72. The number of nitrogens with zero attached hydrogens (tertiary/aromatic N) is 1. The highest BCUT2D eigenvalue weighted by Crippen LogP contribution is 2.32. The lowest BCUT2D eigenvalue weighted by Gasteiger charge is -2.32. The van der Waals surface area contributed by atoms with E-state index < -0.39 is 0 Å². The molecule has 1 unspecified atom stereocenters. The molecule has 1 heterocycles. The lowest BCUT2D eigenvalue weighted by Crippen LogP contribution is -2.40. The molecule has 0 radical (unpaired) electrons. The summed E-state index contributed by atoms with van der Waals surface area (Å²) in [6.45, 7) is 11.6. The monoisotopic (exact) mass is 322 g/mol. The molecule has 1 aliphatic heterocycles. The molecule has 1 aromatic carbocycles. The van der Waals surface area contributed by atoms with Crippen LogP contribution in [0.15, 0.2) is 17.0 Å². The van der Waals surface area contributed by atoms with E-state index in [-0.39, 0.29) is 6.10 Å². The highest BCUT2D eigenvalue weighted by Gasteiger charge is 2.20. The smallest absolute Gasteiger partial charge is 0.0524 e. The maximum absolute atomic E-state index is 9.31. The summed E-state index contributed by atoms with van der Waals surface area (Å²) in [4.78, 5) is 1.42. The number of aryl methyl sites for hydroxylation is 3. The summed E-state index contributed by atoms with van der Waals surface area (Å²) in [6.07, 6.45) is 3.03. The van der Waals surface area contributed by atoms with Crippen molar-refractivity contribution in [3.05, 3.63) is 28.8 Å². The van der Waals surface area contributed by atoms with Gasteiger partial charge in [-0.15, -0.1) is 0 Å². The number of nitrogens with one attached hydrogen (secondary N) is 1. The van der Waals surface area contributed by atoms with Gasteiger partial charge in [-0.25, -0.2) is 4.31 Å². The Labute approximate surface area is 139 Å². The number of hydrogen-bond donors (Lipinski definition) is 2. The SMILES string of the molecule is Cc1cc(C)c(SN2CCC(NCCC(C)O)CC2)c(C)c1. The van der Waals surface area contributed by atoms with Crippen molar-refractivity contribution in [2.75, 3.05) is 19.6 Å². The molecular weight excluding hydrogens is 292 g/mol. The zero-order valence-electron chi connectivity index (χ0n) is 14.4. The fourth-order valence-electron chi connectivity index (χ4n) is 3.09. The Morgan fingerprint density at radius 3 is 2.36 bits per heavy atom. The topological polar surface area (TPSA) is 35.5 Å². The molecule has 0 amide bonds. The zero-order valence-corrected chi connectivity index (χ0v) is 15.2. The van der Waals surface area contributed by atoms with E-state index in [1.54, 1.807) is 0 Å². The first-order chi connectivity index (χ1) is 10.5. The van der Waals surface area contributed by atoms with Crippen LogP contribution in [0.3, 0.4) is 0 Å². The average Bonchev–Trinajstić information content (AvgIpc) is 2.44. The van der Waals surface area contributed by atoms with Crippen molar-refractivity contribution < 1.29 is 5.11 Å². The minimum atomic E-state index is -0.198. The Hall–Kier alpha value is -0.550. The normalized spacial score (nSPS) is 18.6. The molecule has 0 bridgehead atoms. The molecule has 1 aromatic rings. The van der Waals surface area contributed by atoms with E-state index in [9.17, 15) is 5.11 Å². The van der Waals surface area contributed by atoms with Crippen LogP contribution < -0.4 is 5.32 Å². The van der Waals surface area contributed by atoms with Crippen LogP contribution in [0.4, 0.5) is 0 Å². The van der Waals surface area contributed by atoms with Crippen molar-refractivity contribution in [1.82, 2.24) is 9.62 Å². The van der Waals surface area contributed by atoms with Crippen LogP contribution in [0.1, 0.15) is 42.9 Å². The molecule has 2 rings (SSSR count). The predicted molar refractivity (Wildman–Crippen MR) is 95.4 cm³/mol. The fourth-order valence-corrected chi connectivity index (χ4v) is 4.14. The number of benzene rings is 1. The third kappa shape index (κ3) is 5.27. The van der Waals surface area contributed by atoms with Crippen LogP contribution in [0.2, 0.25) is 0 Å². The molecular formula is C18H30N2OS. The Morgan fingerprint density at radius 2 is 1.82 bits per heavy atom. The van der Waals surface area contributed by atoms with Gasteiger partial charge in [0.1, 0.15) is 0 Å². The summed E-state index contributed by atoms with van der Waals surface area (Å²) in [6, 6.07) is 5.16. The molecule has 1 fully saturated rings. The summed E-state index contributed by atoms with van der Waals surface area (Å²) in [7, 11) is 0. The van der Waals surface area contributed by atoms with Gasteiger partial charge in [0.25, 0.3) is 0 Å². The average molecular weight is 323 g/mol. The molecule has 124 valence electrons. The molecule has 22 heavy (non-hydrogen) atoms. The molecule has 0 aliphatic carbocycles. The van der Waals surface area contributed by atoms with E-state index in [1.165, 1.54) is 34.4 Å². The Bertz CT molecular complexity index is 459. The second-order valence-electron chi connectivity index (χ2n) is 6.61. The van der Waals surface area contributed by atoms with Gasteiger partial charge in [-0.2, -0.15) is 0 Å². The quantitative estimate of drug-likeness (QED) is 0.787. The predicted octanol–water partition coefficient (Wildman–Crippen LogP) is 3.44. The van der Waals surface area contributed by atoms with Gasteiger partial charge < -0.3 is 10.4 Å². The first kappa shape index (κ1) is 17.8. The number of hydrogen-bond acceptors (Lipinski definition) is 4. The van der Waals surface area contributed by atoms with Crippen molar-refractivity contribution in [2.45, 2.75) is 64.0 Å². The van der Waals surface area contributed by atoms with E-state index in [4.69, 9.17) is 0 Å². The van der Waals surface area contributed by atoms with Gasteiger partial charge in [0, 0.05) is 24.0 Å². The van der Waals surface area contributed by atoms with Crippen molar-refractivity contribution in [3.63, 3.8) is 0 Å². The van der Waals surface area contributed by atoms with Crippen LogP contribution in [0, 0.1) is 20.8 Å². The summed E-state index contributed by atoms with van der Waals surface area (Å²) < 4.78 is 2.50. The van der Waals surface area contributed by atoms with E-state index in [0.717, 1.165) is 26.1 Å². The van der Waals surface area contributed by atoms with Gasteiger partial charge in [-0.3, -0.25) is 0 Å². The van der Waals surface area contributed by atoms with Crippen molar-refractivity contribution in [3.8, 4) is 0 Å². The molecule has 1 aliphatic rings. The molecule has 1 atom stereocenters. The number of aliphatic hydroxyl groups excluding tert-OH is 1. The molecule has 0 saturated carbocycles. The Kier molecular flexibility index (Phi) is 6.75. The molecule has 3 nitrogen and oxygen atoms in total. The first-order valence-corrected chi connectivity index (χ1v) is 9.15. The standard InChI is InChI=1S/C18H30N2OS/c1-13-11-14(2)18(15(3)12-13)22-20-9-6-17(7-10-20)19-8-5-16(4)21/h11-12,16-17,19,21H,5-10H2,1-4H3. The Morgan fingerprint density at radius 1 is 1.23 bits per heavy atom. The molecule has 0 aromatic heterocycles. The van der Waals surface area contributed by atoms with Crippen LogP contribution in [-0.4, -0.2) is 41.2 Å². The summed E-state index contributed by atoms with van der Waals surface area (Å²) >= 11 is 1.92. The van der Waals surface area contributed by atoms with Gasteiger partial charge in [-0.1, -0.05) is 17.7 Å². The maximum Gasteiger partial charge on any atom is 0.0524 e. The number of aliphatic hydroxyl groups is 1. The lowest BCUT2D eigenvalue weighted by atomic mass is 10.1. The zero-order chi connectivity index (χ0) is 16.1. The lowest BCUT2D eigenvalue weighted by molar-refractivity contribution is 0.180. The fraction of sp³-hybridized carbons (Fsp3) is 0.667. The van der Waals surface area contributed by atoms with Crippen LogP contribution in [0.5, 0.6) is 0 Å².